The third kappa shape index (κ3) is 3.27. The quantitative estimate of drug-likeness (QED) is 0.556. The first kappa shape index (κ1) is 20.7. The molecule has 178 valence electrons. The standard InChI is InChI=1S/C29H28N2O4/c32-28(30-11-4-1-5-12-30)21-8-6-7-20(13-21)16-31-17-29(22-9-2-3-10-24(22)31)18-33-25-15-27-26(14-23(25)29)34-19-35-27/h2-3,6-10,13-15H,1,4-5,11-12,16-19H2. The molecule has 0 bridgehead atoms. The van der Waals surface area contributed by atoms with Crippen LogP contribution in [0.5, 0.6) is 17.2 Å². The lowest BCUT2D eigenvalue weighted by Crippen LogP contribution is -2.36. The fourth-order valence-corrected chi connectivity index (χ4v) is 6.14. The Hall–Kier alpha value is -3.67. The molecule has 4 heterocycles. The third-order valence-corrected chi connectivity index (χ3v) is 7.88. The second-order valence-corrected chi connectivity index (χ2v) is 10.00. The molecule has 0 saturated carbocycles. The van der Waals surface area contributed by atoms with E-state index in [0.29, 0.717) is 6.61 Å². The highest BCUT2D eigenvalue weighted by Crippen LogP contribution is 2.54. The van der Waals surface area contributed by atoms with Crippen LogP contribution in [0.25, 0.3) is 0 Å². The first-order chi connectivity index (χ1) is 17.2. The number of carbonyl (C=O) groups excluding carboxylic acids is 1. The Morgan fingerprint density at radius 3 is 2.54 bits per heavy atom. The van der Waals surface area contributed by atoms with Gasteiger partial charge in [-0.05, 0) is 54.7 Å². The number of fused-ring (bicyclic) bond motifs is 5. The number of anilines is 1. The predicted molar refractivity (Wildman–Crippen MR) is 133 cm³/mol. The molecule has 6 heteroatoms. The Labute approximate surface area is 205 Å². The SMILES string of the molecule is O=C(c1cccc(CN2CC3(COc4cc5c(cc43)OCO5)c3ccccc32)c1)N1CCCCC1. The van der Waals surface area contributed by atoms with Gasteiger partial charge in [0.25, 0.3) is 5.91 Å². The van der Waals surface area contributed by atoms with Crippen LogP contribution >= 0.6 is 0 Å². The molecule has 3 aromatic carbocycles. The van der Waals surface area contributed by atoms with E-state index in [0.717, 1.165) is 73.0 Å². The van der Waals surface area contributed by atoms with Crippen LogP contribution in [0.4, 0.5) is 5.69 Å². The molecular weight excluding hydrogens is 440 g/mol. The summed E-state index contributed by atoms with van der Waals surface area (Å²) in [4.78, 5) is 17.5. The molecule has 3 aromatic rings. The molecule has 1 spiro atoms. The zero-order valence-electron chi connectivity index (χ0n) is 19.7. The number of amides is 1. The van der Waals surface area contributed by atoms with Gasteiger partial charge in [0, 0.05) is 49.1 Å². The molecule has 1 saturated heterocycles. The van der Waals surface area contributed by atoms with Crippen LogP contribution in [-0.2, 0) is 12.0 Å². The minimum atomic E-state index is -0.256. The van der Waals surface area contributed by atoms with Crippen LogP contribution in [0.3, 0.4) is 0 Å². The zero-order valence-corrected chi connectivity index (χ0v) is 19.7. The van der Waals surface area contributed by atoms with Crippen molar-refractivity contribution < 1.29 is 19.0 Å². The van der Waals surface area contributed by atoms with Crippen molar-refractivity contribution in [2.45, 2.75) is 31.2 Å². The van der Waals surface area contributed by atoms with Crippen LogP contribution in [-0.4, -0.2) is 43.8 Å². The molecule has 1 fully saturated rings. The van der Waals surface area contributed by atoms with Gasteiger partial charge in [0.2, 0.25) is 6.79 Å². The van der Waals surface area contributed by atoms with E-state index in [4.69, 9.17) is 14.2 Å². The average molecular weight is 469 g/mol. The van der Waals surface area contributed by atoms with E-state index in [1.807, 2.05) is 23.1 Å². The van der Waals surface area contributed by atoms with Crippen molar-refractivity contribution in [1.82, 2.24) is 4.90 Å². The van der Waals surface area contributed by atoms with Gasteiger partial charge in [-0.3, -0.25) is 4.79 Å². The number of piperidine rings is 1. The summed E-state index contributed by atoms with van der Waals surface area (Å²) in [5.41, 5.74) is 5.32. The van der Waals surface area contributed by atoms with E-state index >= 15 is 0 Å². The largest absolute Gasteiger partial charge is 0.492 e. The molecule has 6 nitrogen and oxygen atoms in total. The molecule has 4 aliphatic rings. The van der Waals surface area contributed by atoms with E-state index in [9.17, 15) is 4.79 Å². The summed E-state index contributed by atoms with van der Waals surface area (Å²) in [6.45, 7) is 4.11. The van der Waals surface area contributed by atoms with Gasteiger partial charge >= 0.3 is 0 Å². The maximum Gasteiger partial charge on any atom is 0.253 e. The Morgan fingerprint density at radius 1 is 0.829 bits per heavy atom. The average Bonchev–Trinajstić information content (AvgIpc) is 3.60. The van der Waals surface area contributed by atoms with E-state index in [2.05, 4.69) is 47.4 Å². The van der Waals surface area contributed by atoms with Crippen LogP contribution < -0.4 is 19.1 Å². The van der Waals surface area contributed by atoms with Crippen molar-refractivity contribution in [3.63, 3.8) is 0 Å². The lowest BCUT2D eigenvalue weighted by Gasteiger charge is -2.27. The Bertz CT molecular complexity index is 1320. The molecule has 35 heavy (non-hydrogen) atoms. The summed E-state index contributed by atoms with van der Waals surface area (Å²) in [6, 6.07) is 20.8. The smallest absolute Gasteiger partial charge is 0.253 e. The Kier molecular flexibility index (Phi) is 4.69. The maximum atomic E-state index is 13.1. The highest BCUT2D eigenvalue weighted by molar-refractivity contribution is 5.94. The van der Waals surface area contributed by atoms with Gasteiger partial charge in [0.05, 0.1) is 5.41 Å². The van der Waals surface area contributed by atoms with Crippen molar-refractivity contribution in [1.29, 1.82) is 0 Å². The molecule has 1 amide bonds. The lowest BCUT2D eigenvalue weighted by molar-refractivity contribution is 0.0724. The number of rotatable bonds is 3. The van der Waals surface area contributed by atoms with Gasteiger partial charge in [0.1, 0.15) is 12.4 Å². The number of carbonyl (C=O) groups is 1. The number of benzene rings is 3. The Morgan fingerprint density at radius 2 is 1.66 bits per heavy atom. The first-order valence-corrected chi connectivity index (χ1v) is 12.5. The van der Waals surface area contributed by atoms with Gasteiger partial charge in [0.15, 0.2) is 11.5 Å². The van der Waals surface area contributed by atoms with Gasteiger partial charge < -0.3 is 24.0 Å². The van der Waals surface area contributed by atoms with Crippen LogP contribution in [0.15, 0.2) is 60.7 Å². The number of hydrogen-bond acceptors (Lipinski definition) is 5. The van der Waals surface area contributed by atoms with E-state index in [1.165, 1.54) is 17.7 Å². The van der Waals surface area contributed by atoms with Crippen molar-refractivity contribution in [3.8, 4) is 17.2 Å². The third-order valence-electron chi connectivity index (χ3n) is 7.88. The van der Waals surface area contributed by atoms with Crippen molar-refractivity contribution >= 4 is 11.6 Å². The van der Waals surface area contributed by atoms with Gasteiger partial charge in [-0.15, -0.1) is 0 Å². The summed E-state index contributed by atoms with van der Waals surface area (Å²) in [7, 11) is 0. The van der Waals surface area contributed by atoms with Crippen molar-refractivity contribution in [2.24, 2.45) is 0 Å². The highest BCUT2D eigenvalue weighted by atomic mass is 16.7. The molecule has 4 aliphatic heterocycles. The molecule has 1 unspecified atom stereocenters. The number of nitrogens with zero attached hydrogens (tertiary/aromatic N) is 2. The molecule has 0 radical (unpaired) electrons. The second-order valence-electron chi connectivity index (χ2n) is 10.00. The topological polar surface area (TPSA) is 51.2 Å². The Balaban J connectivity index is 1.20. The number of para-hydroxylation sites is 1. The molecule has 0 aliphatic carbocycles. The van der Waals surface area contributed by atoms with Crippen molar-refractivity contribution in [2.75, 3.05) is 37.9 Å². The number of likely N-dealkylation sites (tertiary alicyclic amines) is 1. The van der Waals surface area contributed by atoms with E-state index in [-0.39, 0.29) is 18.1 Å². The van der Waals surface area contributed by atoms with Crippen molar-refractivity contribution in [3.05, 3.63) is 82.9 Å². The molecular formula is C29H28N2O4. The lowest BCUT2D eigenvalue weighted by atomic mass is 9.77. The summed E-state index contributed by atoms with van der Waals surface area (Å²) in [5.74, 6) is 2.56. The monoisotopic (exact) mass is 468 g/mol. The van der Waals surface area contributed by atoms with Gasteiger partial charge in [-0.25, -0.2) is 0 Å². The maximum absolute atomic E-state index is 13.1. The minimum absolute atomic E-state index is 0.152. The number of ether oxygens (including phenoxy) is 3. The summed E-state index contributed by atoms with van der Waals surface area (Å²) in [6.07, 6.45) is 3.42. The number of hydrogen-bond donors (Lipinski definition) is 0. The van der Waals surface area contributed by atoms with Gasteiger partial charge in [-0.2, -0.15) is 0 Å². The normalized spacial score (nSPS) is 21.7. The molecule has 0 N–H and O–H groups in total. The highest BCUT2D eigenvalue weighted by Gasteiger charge is 2.50. The zero-order chi connectivity index (χ0) is 23.4. The molecule has 1 atom stereocenters. The molecule has 0 aromatic heterocycles. The van der Waals surface area contributed by atoms with E-state index < -0.39 is 0 Å². The van der Waals surface area contributed by atoms with E-state index in [1.54, 1.807) is 0 Å². The van der Waals surface area contributed by atoms with Gasteiger partial charge in [-0.1, -0.05) is 30.3 Å². The minimum Gasteiger partial charge on any atom is -0.492 e. The molecule has 7 rings (SSSR count). The predicted octanol–water partition coefficient (Wildman–Crippen LogP) is 4.74. The summed E-state index contributed by atoms with van der Waals surface area (Å²) in [5, 5.41) is 0. The summed E-state index contributed by atoms with van der Waals surface area (Å²) >= 11 is 0. The second kappa shape index (κ2) is 7.94. The first-order valence-electron chi connectivity index (χ1n) is 12.5. The fraction of sp³-hybridized carbons (Fsp3) is 0.345. The van der Waals surface area contributed by atoms with Crippen LogP contribution in [0, 0.1) is 0 Å². The fourth-order valence-electron chi connectivity index (χ4n) is 6.14. The summed E-state index contributed by atoms with van der Waals surface area (Å²) < 4.78 is 17.5. The van der Waals surface area contributed by atoms with Crippen LogP contribution in [0.1, 0.15) is 46.3 Å². The van der Waals surface area contributed by atoms with Crippen LogP contribution in [0.2, 0.25) is 0 Å².